The summed E-state index contributed by atoms with van der Waals surface area (Å²) in [5, 5.41) is 0.162. The van der Waals surface area contributed by atoms with Gasteiger partial charge in [0.1, 0.15) is 10.8 Å². The lowest BCUT2D eigenvalue weighted by Crippen LogP contribution is -2.18. The van der Waals surface area contributed by atoms with Crippen LogP contribution >= 0.6 is 23.4 Å². The Kier molecular flexibility index (Phi) is 1.82. The van der Waals surface area contributed by atoms with Crippen molar-refractivity contribution >= 4 is 29.2 Å². The molecule has 10 heavy (non-hydrogen) atoms. The number of nitrogens with zero attached hydrogens (tertiary/aromatic N) is 2. The molecule has 6 heteroatoms. The average Bonchev–Trinajstić information content (AvgIpc) is 1.93. The monoisotopic (exact) mass is 179 g/mol. The van der Waals surface area contributed by atoms with Crippen LogP contribution in [0, 0.1) is 0 Å². The lowest BCUT2D eigenvalue weighted by molar-refractivity contribution is 1.02. The second kappa shape index (κ2) is 2.48. The molecule has 0 aliphatic heterocycles. The van der Waals surface area contributed by atoms with E-state index < -0.39 is 5.69 Å². The molecule has 4 nitrogen and oxygen atoms in total. The molecule has 0 bridgehead atoms. The van der Waals surface area contributed by atoms with Gasteiger partial charge in [-0.05, 0) is 0 Å². The predicted molar refractivity (Wildman–Crippen MR) is 39.2 cm³/mol. The van der Waals surface area contributed by atoms with Crippen molar-refractivity contribution in [3.8, 4) is 0 Å². The summed E-state index contributed by atoms with van der Waals surface area (Å²) >= 11 is 10.8. The smallest absolute Gasteiger partial charge is 0.364 e. The molecule has 0 saturated heterocycles. The van der Waals surface area contributed by atoms with Gasteiger partial charge in [0.2, 0.25) is 0 Å². The summed E-state index contributed by atoms with van der Waals surface area (Å²) in [7, 11) is 0. The van der Waals surface area contributed by atoms with E-state index in [2.05, 4.69) is 4.98 Å². The zero-order chi connectivity index (χ0) is 7.72. The number of hydrogen-bond acceptors (Lipinski definition) is 3. The molecule has 1 aromatic rings. The van der Waals surface area contributed by atoms with Crippen LogP contribution in [0.5, 0.6) is 0 Å². The topological polar surface area (TPSA) is 60.9 Å². The molecule has 1 rings (SSSR count). The van der Waals surface area contributed by atoms with Crippen LogP contribution in [-0.2, 0) is 0 Å². The first kappa shape index (κ1) is 7.37. The third-order valence-electron chi connectivity index (χ3n) is 0.912. The second-order valence-electron chi connectivity index (χ2n) is 1.55. The first-order chi connectivity index (χ1) is 4.63. The molecule has 0 aliphatic rings. The predicted octanol–water partition coefficient (Wildman–Crippen LogP) is 0.481. The molecule has 0 amide bonds. The van der Waals surface area contributed by atoms with Gasteiger partial charge in [-0.25, -0.2) is 4.79 Å². The molecule has 0 radical (unpaired) electrons. The maximum Gasteiger partial charge on any atom is 0.364 e. The maximum absolute atomic E-state index is 10.6. The number of halogens is 2. The number of nitrogens with two attached hydrogens (primary N) is 1. The van der Waals surface area contributed by atoms with E-state index >= 15 is 0 Å². The highest BCUT2D eigenvalue weighted by Crippen LogP contribution is 2.13. The SMILES string of the molecule is Nc1c(Cl)cnc(=O)n1Cl. The molecule has 0 aliphatic carbocycles. The van der Waals surface area contributed by atoms with E-state index in [1.165, 1.54) is 0 Å². The van der Waals surface area contributed by atoms with Crippen LogP contribution in [0.15, 0.2) is 11.0 Å². The van der Waals surface area contributed by atoms with Crippen LogP contribution in [0.3, 0.4) is 0 Å². The van der Waals surface area contributed by atoms with Gasteiger partial charge in [-0.15, -0.1) is 0 Å². The molecule has 1 heterocycles. The van der Waals surface area contributed by atoms with E-state index in [4.69, 9.17) is 29.1 Å². The van der Waals surface area contributed by atoms with Crippen LogP contribution in [0.4, 0.5) is 5.82 Å². The molecular formula is C4H3Cl2N3O. The van der Waals surface area contributed by atoms with E-state index in [0.717, 1.165) is 6.20 Å². The summed E-state index contributed by atoms with van der Waals surface area (Å²) < 4.78 is 0.655. The summed E-state index contributed by atoms with van der Waals surface area (Å²) in [4.78, 5) is 13.9. The normalized spacial score (nSPS) is 9.80. The minimum Gasteiger partial charge on any atom is -0.383 e. The molecule has 0 aromatic carbocycles. The fraction of sp³-hybridized carbons (Fsp3) is 0. The fourth-order valence-electron chi connectivity index (χ4n) is 0.426. The average molecular weight is 180 g/mol. The third-order valence-corrected chi connectivity index (χ3v) is 1.53. The second-order valence-corrected chi connectivity index (χ2v) is 2.30. The summed E-state index contributed by atoms with van der Waals surface area (Å²) in [6, 6.07) is 0. The highest BCUT2D eigenvalue weighted by atomic mass is 35.5. The molecule has 0 atom stereocenters. The minimum absolute atomic E-state index is 0.00309. The zero-order valence-corrected chi connectivity index (χ0v) is 6.23. The van der Waals surface area contributed by atoms with Gasteiger partial charge in [0, 0.05) is 11.8 Å². The minimum atomic E-state index is -0.636. The van der Waals surface area contributed by atoms with Gasteiger partial charge in [-0.1, -0.05) is 11.6 Å². The Bertz CT molecular complexity index is 308. The first-order valence-electron chi connectivity index (χ1n) is 2.32. The summed E-state index contributed by atoms with van der Waals surface area (Å²) in [5.41, 5.74) is 4.61. The first-order valence-corrected chi connectivity index (χ1v) is 3.03. The Balaban J connectivity index is 3.49. The van der Waals surface area contributed by atoms with Crippen LogP contribution in [-0.4, -0.2) is 9.07 Å². The van der Waals surface area contributed by atoms with Gasteiger partial charge in [-0.3, -0.25) is 0 Å². The summed E-state index contributed by atoms with van der Waals surface area (Å²) in [5.74, 6) is 0.00309. The van der Waals surface area contributed by atoms with Crippen LogP contribution in [0.25, 0.3) is 0 Å². The van der Waals surface area contributed by atoms with Gasteiger partial charge < -0.3 is 5.73 Å². The number of anilines is 1. The van der Waals surface area contributed by atoms with Crippen LogP contribution in [0.1, 0.15) is 0 Å². The van der Waals surface area contributed by atoms with E-state index in [0.29, 0.717) is 4.09 Å². The Hall–Kier alpha value is -0.740. The molecule has 2 N–H and O–H groups in total. The van der Waals surface area contributed by atoms with Gasteiger partial charge in [0.15, 0.2) is 0 Å². The van der Waals surface area contributed by atoms with Crippen molar-refractivity contribution in [3.63, 3.8) is 0 Å². The van der Waals surface area contributed by atoms with Gasteiger partial charge in [0.25, 0.3) is 0 Å². The van der Waals surface area contributed by atoms with E-state index in [-0.39, 0.29) is 10.8 Å². The van der Waals surface area contributed by atoms with E-state index in [1.807, 2.05) is 0 Å². The van der Waals surface area contributed by atoms with Crippen molar-refractivity contribution in [1.29, 1.82) is 0 Å². The van der Waals surface area contributed by atoms with Crippen molar-refractivity contribution in [2.24, 2.45) is 0 Å². The quantitative estimate of drug-likeness (QED) is 0.631. The van der Waals surface area contributed by atoms with Gasteiger partial charge in [-0.2, -0.15) is 9.07 Å². The van der Waals surface area contributed by atoms with Crippen molar-refractivity contribution in [2.75, 3.05) is 5.73 Å². The Morgan fingerprint density at radius 1 is 1.70 bits per heavy atom. The van der Waals surface area contributed by atoms with E-state index in [9.17, 15) is 4.79 Å². The van der Waals surface area contributed by atoms with Crippen molar-refractivity contribution < 1.29 is 0 Å². The maximum atomic E-state index is 10.6. The molecule has 0 fully saturated rings. The Labute approximate surface area is 66.3 Å². The molecular weight excluding hydrogens is 177 g/mol. The largest absolute Gasteiger partial charge is 0.383 e. The van der Waals surface area contributed by atoms with Crippen LogP contribution < -0.4 is 11.4 Å². The molecule has 0 unspecified atom stereocenters. The molecule has 54 valence electrons. The Morgan fingerprint density at radius 2 is 2.30 bits per heavy atom. The zero-order valence-electron chi connectivity index (χ0n) is 4.71. The van der Waals surface area contributed by atoms with Gasteiger partial charge >= 0.3 is 5.69 Å². The lowest BCUT2D eigenvalue weighted by Gasteiger charge is -1.98. The highest BCUT2D eigenvalue weighted by Gasteiger charge is 2.02. The third kappa shape index (κ3) is 1.08. The molecule has 0 saturated carbocycles. The molecule has 0 spiro atoms. The van der Waals surface area contributed by atoms with Gasteiger partial charge in [0.05, 0.1) is 6.20 Å². The lowest BCUT2D eigenvalue weighted by atomic mass is 10.6. The number of nitrogen functional groups attached to an aromatic ring is 1. The van der Waals surface area contributed by atoms with E-state index in [1.54, 1.807) is 0 Å². The highest BCUT2D eigenvalue weighted by molar-refractivity contribution is 6.33. The fourth-order valence-corrected chi connectivity index (χ4v) is 0.737. The number of hydrogen-bond donors (Lipinski definition) is 1. The number of rotatable bonds is 0. The van der Waals surface area contributed by atoms with Crippen LogP contribution in [0.2, 0.25) is 5.02 Å². The van der Waals surface area contributed by atoms with Crippen molar-refractivity contribution in [3.05, 3.63) is 21.7 Å². The van der Waals surface area contributed by atoms with Crippen molar-refractivity contribution in [2.45, 2.75) is 0 Å². The standard InChI is InChI=1S/C4H3Cl2N3O/c5-2-1-8-4(10)9(6)3(2)7/h1H,7H2. The Morgan fingerprint density at radius 3 is 2.80 bits per heavy atom. The summed E-state index contributed by atoms with van der Waals surface area (Å²) in [6.07, 6.45) is 1.15. The molecule has 1 aromatic heterocycles. The summed E-state index contributed by atoms with van der Waals surface area (Å²) in [6.45, 7) is 0. The van der Waals surface area contributed by atoms with Crippen molar-refractivity contribution in [1.82, 2.24) is 9.07 Å². The number of aromatic nitrogens is 2.